The highest BCUT2D eigenvalue weighted by molar-refractivity contribution is 5.55. The van der Waals surface area contributed by atoms with Crippen LogP contribution in [0.4, 0.5) is 4.39 Å². The second kappa shape index (κ2) is 6.23. The van der Waals surface area contributed by atoms with Crippen LogP contribution < -0.4 is 0 Å². The van der Waals surface area contributed by atoms with E-state index in [1.807, 2.05) is 30.3 Å². The van der Waals surface area contributed by atoms with Crippen LogP contribution in [0.5, 0.6) is 0 Å². The topological polar surface area (TPSA) is 82.5 Å². The molecule has 0 N–H and O–H groups in total. The molecule has 0 saturated heterocycles. The number of hydrogen-bond donors (Lipinski definition) is 0. The van der Waals surface area contributed by atoms with Gasteiger partial charge in [-0.1, -0.05) is 35.5 Å². The molecule has 0 bridgehead atoms. The van der Waals surface area contributed by atoms with Crippen molar-refractivity contribution in [1.82, 2.24) is 30.3 Å². The molecule has 0 saturated carbocycles. The predicted molar refractivity (Wildman–Crippen MR) is 86.8 cm³/mol. The second-order valence-corrected chi connectivity index (χ2v) is 5.54. The van der Waals surface area contributed by atoms with Gasteiger partial charge in [0.2, 0.25) is 11.6 Å². The van der Waals surface area contributed by atoms with Crippen molar-refractivity contribution in [1.29, 1.82) is 0 Å². The summed E-state index contributed by atoms with van der Waals surface area (Å²) >= 11 is 0. The SMILES string of the molecule is Cc1cc(F)cc(-c2noc(Cn3nnc(-c4ccccc4)n3)n2)c1. The number of rotatable bonds is 4. The zero-order valence-corrected chi connectivity index (χ0v) is 13.3. The molecular formula is C17H13FN6O. The number of benzene rings is 2. The molecule has 2 aromatic heterocycles. The van der Waals surface area contributed by atoms with Crippen molar-refractivity contribution < 1.29 is 8.91 Å². The molecule has 124 valence electrons. The molecule has 0 aliphatic carbocycles. The van der Waals surface area contributed by atoms with E-state index < -0.39 is 0 Å². The molecule has 0 unspecified atom stereocenters. The maximum Gasteiger partial charge on any atom is 0.250 e. The van der Waals surface area contributed by atoms with Gasteiger partial charge in [-0.2, -0.15) is 9.78 Å². The number of aromatic nitrogens is 6. The Morgan fingerprint density at radius 3 is 2.68 bits per heavy atom. The molecule has 0 aliphatic rings. The molecule has 0 fully saturated rings. The highest BCUT2D eigenvalue weighted by Crippen LogP contribution is 2.19. The molecule has 0 radical (unpaired) electrons. The van der Waals surface area contributed by atoms with Crippen molar-refractivity contribution in [2.45, 2.75) is 13.5 Å². The van der Waals surface area contributed by atoms with Crippen LogP contribution in [0.2, 0.25) is 0 Å². The summed E-state index contributed by atoms with van der Waals surface area (Å²) in [5, 5.41) is 16.2. The van der Waals surface area contributed by atoms with Crippen LogP contribution in [-0.4, -0.2) is 30.3 Å². The lowest BCUT2D eigenvalue weighted by Gasteiger charge is -1.97. The van der Waals surface area contributed by atoms with E-state index in [1.54, 1.807) is 13.0 Å². The van der Waals surface area contributed by atoms with E-state index in [9.17, 15) is 4.39 Å². The molecule has 8 heteroatoms. The van der Waals surface area contributed by atoms with Gasteiger partial charge in [0, 0.05) is 11.1 Å². The first kappa shape index (κ1) is 15.1. The Morgan fingerprint density at radius 2 is 1.88 bits per heavy atom. The minimum absolute atomic E-state index is 0.182. The van der Waals surface area contributed by atoms with Gasteiger partial charge in [-0.05, 0) is 35.9 Å². The molecule has 4 rings (SSSR count). The number of hydrogen-bond acceptors (Lipinski definition) is 6. The fourth-order valence-electron chi connectivity index (χ4n) is 2.44. The van der Waals surface area contributed by atoms with E-state index in [0.29, 0.717) is 23.1 Å². The van der Waals surface area contributed by atoms with Gasteiger partial charge in [0.1, 0.15) is 12.4 Å². The zero-order chi connectivity index (χ0) is 17.2. The van der Waals surface area contributed by atoms with Gasteiger partial charge in [0.25, 0.3) is 5.89 Å². The Bertz CT molecular complexity index is 991. The summed E-state index contributed by atoms with van der Waals surface area (Å²) in [4.78, 5) is 5.64. The van der Waals surface area contributed by atoms with Gasteiger partial charge in [0.15, 0.2) is 0 Å². The second-order valence-electron chi connectivity index (χ2n) is 5.54. The molecule has 0 spiro atoms. The van der Waals surface area contributed by atoms with Crippen LogP contribution in [-0.2, 0) is 6.54 Å². The minimum atomic E-state index is -0.341. The molecule has 7 nitrogen and oxygen atoms in total. The largest absolute Gasteiger partial charge is 0.337 e. The van der Waals surface area contributed by atoms with E-state index in [0.717, 1.165) is 11.1 Å². The molecular weight excluding hydrogens is 323 g/mol. The van der Waals surface area contributed by atoms with Crippen molar-refractivity contribution >= 4 is 0 Å². The van der Waals surface area contributed by atoms with E-state index >= 15 is 0 Å². The highest BCUT2D eigenvalue weighted by Gasteiger charge is 2.13. The fraction of sp³-hybridized carbons (Fsp3) is 0.118. The first-order chi connectivity index (χ1) is 12.2. The Hall–Kier alpha value is -3.42. The summed E-state index contributed by atoms with van der Waals surface area (Å²) in [5.41, 5.74) is 2.21. The first-order valence-corrected chi connectivity index (χ1v) is 7.61. The van der Waals surface area contributed by atoms with Crippen molar-refractivity contribution in [3.05, 3.63) is 65.8 Å². The van der Waals surface area contributed by atoms with Crippen LogP contribution in [0.3, 0.4) is 0 Å². The summed E-state index contributed by atoms with van der Waals surface area (Å²) in [6.07, 6.45) is 0. The van der Waals surface area contributed by atoms with Gasteiger partial charge in [-0.3, -0.25) is 0 Å². The summed E-state index contributed by atoms with van der Waals surface area (Å²) in [6, 6.07) is 14.1. The minimum Gasteiger partial charge on any atom is -0.337 e. The zero-order valence-electron chi connectivity index (χ0n) is 13.3. The first-order valence-electron chi connectivity index (χ1n) is 7.61. The summed E-state index contributed by atoms with van der Waals surface area (Å²) < 4.78 is 18.7. The van der Waals surface area contributed by atoms with Crippen LogP contribution in [0.15, 0.2) is 53.1 Å². The molecule has 0 atom stereocenters. The van der Waals surface area contributed by atoms with Gasteiger partial charge in [-0.15, -0.1) is 10.2 Å². The Kier molecular flexibility index (Phi) is 3.77. The average Bonchev–Trinajstić information content (AvgIpc) is 3.25. The van der Waals surface area contributed by atoms with Gasteiger partial charge < -0.3 is 4.52 Å². The Labute approximate surface area is 142 Å². The van der Waals surface area contributed by atoms with Crippen molar-refractivity contribution in [2.24, 2.45) is 0 Å². The van der Waals surface area contributed by atoms with Crippen molar-refractivity contribution in [3.63, 3.8) is 0 Å². The summed E-state index contributed by atoms with van der Waals surface area (Å²) in [7, 11) is 0. The van der Waals surface area contributed by atoms with Gasteiger partial charge in [0.05, 0.1) is 0 Å². The number of nitrogens with zero attached hydrogens (tertiary/aromatic N) is 6. The number of tetrazole rings is 1. The third-order valence-electron chi connectivity index (χ3n) is 3.53. The van der Waals surface area contributed by atoms with Crippen LogP contribution in [0.1, 0.15) is 11.5 Å². The maximum absolute atomic E-state index is 13.5. The molecule has 2 heterocycles. The normalized spacial score (nSPS) is 11.0. The van der Waals surface area contributed by atoms with Gasteiger partial charge in [-0.25, -0.2) is 4.39 Å². The standard InChI is InChI=1S/C17H13FN6O/c1-11-7-13(9-14(18)8-11)16-19-15(25-22-16)10-24-21-17(20-23-24)12-5-3-2-4-6-12/h2-9H,10H2,1H3. The van der Waals surface area contributed by atoms with Gasteiger partial charge >= 0.3 is 0 Å². The van der Waals surface area contributed by atoms with Crippen LogP contribution >= 0.6 is 0 Å². The van der Waals surface area contributed by atoms with Crippen molar-refractivity contribution in [2.75, 3.05) is 0 Å². The Balaban J connectivity index is 1.55. The van der Waals surface area contributed by atoms with Crippen LogP contribution in [0, 0.1) is 12.7 Å². The van der Waals surface area contributed by atoms with E-state index in [1.165, 1.54) is 16.9 Å². The third-order valence-corrected chi connectivity index (χ3v) is 3.53. The van der Waals surface area contributed by atoms with Crippen LogP contribution in [0.25, 0.3) is 22.8 Å². The lowest BCUT2D eigenvalue weighted by atomic mass is 10.1. The number of aryl methyl sites for hydroxylation is 1. The molecule has 0 aliphatic heterocycles. The Morgan fingerprint density at radius 1 is 1.04 bits per heavy atom. The molecule has 4 aromatic rings. The monoisotopic (exact) mass is 336 g/mol. The summed E-state index contributed by atoms with van der Waals surface area (Å²) in [5.74, 6) is 0.808. The average molecular weight is 336 g/mol. The lowest BCUT2D eigenvalue weighted by molar-refractivity contribution is 0.356. The third kappa shape index (κ3) is 3.27. The molecule has 0 amide bonds. The fourth-order valence-corrected chi connectivity index (χ4v) is 2.44. The van der Waals surface area contributed by atoms with Crippen molar-refractivity contribution in [3.8, 4) is 22.8 Å². The maximum atomic E-state index is 13.5. The van der Waals surface area contributed by atoms with E-state index in [-0.39, 0.29) is 12.4 Å². The molecule has 2 aromatic carbocycles. The number of halogens is 1. The quantitative estimate of drug-likeness (QED) is 0.570. The molecule has 25 heavy (non-hydrogen) atoms. The smallest absolute Gasteiger partial charge is 0.250 e. The summed E-state index contributed by atoms with van der Waals surface area (Å²) in [6.45, 7) is 1.99. The predicted octanol–water partition coefficient (Wildman–Crippen LogP) is 2.89. The van der Waals surface area contributed by atoms with E-state index in [2.05, 4.69) is 25.6 Å². The lowest BCUT2D eigenvalue weighted by Crippen LogP contribution is -2.04. The van der Waals surface area contributed by atoms with E-state index in [4.69, 9.17) is 4.52 Å². The highest BCUT2D eigenvalue weighted by atomic mass is 19.1.